The Morgan fingerprint density at radius 3 is 2.88 bits per heavy atom. The average molecular weight is 432 g/mol. The van der Waals surface area contributed by atoms with Gasteiger partial charge in [-0.3, -0.25) is 4.79 Å². The number of hydrogen-bond acceptors (Lipinski definition) is 4. The van der Waals surface area contributed by atoms with Crippen molar-refractivity contribution in [3.05, 3.63) is 50.6 Å². The third-order valence-electron chi connectivity index (χ3n) is 4.02. The number of thiophene rings is 1. The molecular formula is C17H20BrClN2O2S. The highest BCUT2D eigenvalue weighted by Gasteiger charge is 2.29. The van der Waals surface area contributed by atoms with E-state index >= 15 is 0 Å². The van der Waals surface area contributed by atoms with Crippen LogP contribution in [0.3, 0.4) is 0 Å². The molecular weight excluding hydrogens is 412 g/mol. The van der Waals surface area contributed by atoms with Crippen molar-refractivity contribution in [2.75, 3.05) is 26.7 Å². The van der Waals surface area contributed by atoms with Gasteiger partial charge in [0.15, 0.2) is 0 Å². The van der Waals surface area contributed by atoms with E-state index in [4.69, 9.17) is 4.74 Å². The Balaban J connectivity index is 0.00000208. The summed E-state index contributed by atoms with van der Waals surface area (Å²) < 4.78 is 6.54. The topological polar surface area (TPSA) is 41.6 Å². The lowest BCUT2D eigenvalue weighted by atomic mass is 10.0. The van der Waals surface area contributed by atoms with E-state index in [0.717, 1.165) is 33.1 Å². The Hall–Kier alpha value is -1.08. The van der Waals surface area contributed by atoms with E-state index in [0.29, 0.717) is 13.0 Å². The molecule has 7 heteroatoms. The number of rotatable bonds is 4. The fourth-order valence-corrected chi connectivity index (χ4v) is 4.39. The van der Waals surface area contributed by atoms with E-state index in [-0.39, 0.29) is 24.4 Å². The molecule has 4 nitrogen and oxygen atoms in total. The Kier molecular flexibility index (Phi) is 7.10. The highest BCUT2D eigenvalue weighted by molar-refractivity contribution is 9.11. The van der Waals surface area contributed by atoms with Crippen LogP contribution < -0.4 is 10.1 Å². The predicted octanol–water partition coefficient (Wildman–Crippen LogP) is 3.66. The zero-order chi connectivity index (χ0) is 16.2. The van der Waals surface area contributed by atoms with Crippen molar-refractivity contribution in [3.8, 4) is 5.75 Å². The standard InChI is InChI=1S/C17H19BrN2O2S.ClH/c1-22-15-5-3-2-4-13(15)14-11-19-8-9-20(14)17(21)10-12-6-7-16(18)23-12;/h2-7,14,19H,8-11H2,1H3;1H. The molecule has 1 atom stereocenters. The van der Waals surface area contributed by atoms with Gasteiger partial charge >= 0.3 is 0 Å². The summed E-state index contributed by atoms with van der Waals surface area (Å²) in [6.45, 7) is 2.29. The monoisotopic (exact) mass is 430 g/mol. The van der Waals surface area contributed by atoms with Gasteiger partial charge in [0, 0.05) is 30.1 Å². The van der Waals surface area contributed by atoms with Crippen LogP contribution in [0, 0.1) is 0 Å². The second-order valence-electron chi connectivity index (χ2n) is 5.43. The van der Waals surface area contributed by atoms with E-state index in [1.165, 1.54) is 0 Å². The van der Waals surface area contributed by atoms with Gasteiger partial charge in [0.2, 0.25) is 5.91 Å². The van der Waals surface area contributed by atoms with Crippen LogP contribution in [0.5, 0.6) is 5.75 Å². The lowest BCUT2D eigenvalue weighted by Crippen LogP contribution is -2.49. The minimum absolute atomic E-state index is 0. The van der Waals surface area contributed by atoms with Gasteiger partial charge in [-0.15, -0.1) is 23.7 Å². The van der Waals surface area contributed by atoms with Gasteiger partial charge in [-0.1, -0.05) is 18.2 Å². The molecule has 2 aromatic rings. The van der Waals surface area contributed by atoms with Crippen LogP contribution in [0.1, 0.15) is 16.5 Å². The van der Waals surface area contributed by atoms with Crippen molar-refractivity contribution < 1.29 is 9.53 Å². The fourth-order valence-electron chi connectivity index (χ4n) is 2.92. The first kappa shape index (κ1) is 19.2. The molecule has 1 N–H and O–H groups in total. The number of methoxy groups -OCH3 is 1. The summed E-state index contributed by atoms with van der Waals surface area (Å²) in [6.07, 6.45) is 0.446. The van der Waals surface area contributed by atoms with Gasteiger partial charge in [-0.2, -0.15) is 0 Å². The molecule has 1 aromatic heterocycles. The zero-order valence-corrected chi connectivity index (χ0v) is 16.5. The number of nitrogens with one attached hydrogen (secondary N) is 1. The lowest BCUT2D eigenvalue weighted by Gasteiger charge is -2.37. The molecule has 1 aliphatic rings. The summed E-state index contributed by atoms with van der Waals surface area (Å²) in [5.74, 6) is 0.995. The molecule has 0 bridgehead atoms. The molecule has 1 aromatic carbocycles. The summed E-state index contributed by atoms with van der Waals surface area (Å²) in [7, 11) is 1.67. The summed E-state index contributed by atoms with van der Waals surface area (Å²) in [5, 5.41) is 3.38. The number of benzene rings is 1. The SMILES string of the molecule is COc1ccccc1C1CNCCN1C(=O)Cc1ccc(Br)s1.Cl. The Morgan fingerprint density at radius 1 is 1.38 bits per heavy atom. The van der Waals surface area contributed by atoms with Crippen LogP contribution in [-0.4, -0.2) is 37.6 Å². The first-order chi connectivity index (χ1) is 11.2. The number of carbonyl (C=O) groups excluding carboxylic acids is 1. The normalized spacial score (nSPS) is 17.2. The maximum Gasteiger partial charge on any atom is 0.228 e. The molecule has 1 fully saturated rings. The van der Waals surface area contributed by atoms with E-state index in [1.54, 1.807) is 18.4 Å². The van der Waals surface area contributed by atoms with Crippen molar-refractivity contribution >= 4 is 45.6 Å². The number of hydrogen-bond donors (Lipinski definition) is 1. The van der Waals surface area contributed by atoms with Crippen LogP contribution in [0.25, 0.3) is 0 Å². The number of piperazine rings is 1. The van der Waals surface area contributed by atoms with Gasteiger partial charge in [0.1, 0.15) is 5.75 Å². The average Bonchev–Trinajstić information content (AvgIpc) is 2.99. The molecule has 0 spiro atoms. The van der Waals surface area contributed by atoms with Gasteiger partial charge in [0.25, 0.3) is 0 Å². The van der Waals surface area contributed by atoms with Crippen molar-refractivity contribution in [2.45, 2.75) is 12.5 Å². The number of halogens is 2. The smallest absolute Gasteiger partial charge is 0.228 e. The highest BCUT2D eigenvalue weighted by Crippen LogP contribution is 2.31. The Morgan fingerprint density at radius 2 is 2.17 bits per heavy atom. The minimum atomic E-state index is 0. The van der Waals surface area contributed by atoms with E-state index < -0.39 is 0 Å². The maximum absolute atomic E-state index is 12.8. The van der Waals surface area contributed by atoms with Crippen molar-refractivity contribution in [1.82, 2.24) is 10.2 Å². The summed E-state index contributed by atoms with van der Waals surface area (Å²) >= 11 is 5.07. The van der Waals surface area contributed by atoms with Crippen LogP contribution >= 0.6 is 39.7 Å². The molecule has 1 aliphatic heterocycles. The minimum Gasteiger partial charge on any atom is -0.496 e. The molecule has 2 heterocycles. The van der Waals surface area contributed by atoms with E-state index in [2.05, 4.69) is 21.2 Å². The molecule has 24 heavy (non-hydrogen) atoms. The predicted molar refractivity (Wildman–Crippen MR) is 103 cm³/mol. The Labute approximate surface area is 160 Å². The second kappa shape index (κ2) is 8.85. The third kappa shape index (κ3) is 4.30. The number of amides is 1. The summed E-state index contributed by atoms with van der Waals surface area (Å²) in [4.78, 5) is 15.9. The van der Waals surface area contributed by atoms with Crippen LogP contribution in [0.2, 0.25) is 0 Å². The Bertz CT molecular complexity index is 695. The van der Waals surface area contributed by atoms with Crippen LogP contribution in [-0.2, 0) is 11.2 Å². The first-order valence-electron chi connectivity index (χ1n) is 7.56. The molecule has 1 unspecified atom stereocenters. The molecule has 0 saturated carbocycles. The molecule has 3 rings (SSSR count). The second-order valence-corrected chi connectivity index (χ2v) is 7.98. The van der Waals surface area contributed by atoms with Gasteiger partial charge in [-0.25, -0.2) is 0 Å². The van der Waals surface area contributed by atoms with E-state index in [1.807, 2.05) is 41.3 Å². The summed E-state index contributed by atoms with van der Waals surface area (Å²) in [5.41, 5.74) is 1.06. The van der Waals surface area contributed by atoms with Crippen molar-refractivity contribution in [1.29, 1.82) is 0 Å². The van der Waals surface area contributed by atoms with E-state index in [9.17, 15) is 4.79 Å². The van der Waals surface area contributed by atoms with Gasteiger partial charge in [-0.05, 0) is 34.1 Å². The quantitative estimate of drug-likeness (QED) is 0.803. The number of para-hydroxylation sites is 1. The lowest BCUT2D eigenvalue weighted by molar-refractivity contribution is -0.133. The highest BCUT2D eigenvalue weighted by atomic mass is 79.9. The van der Waals surface area contributed by atoms with Crippen LogP contribution in [0.15, 0.2) is 40.2 Å². The maximum atomic E-state index is 12.8. The fraction of sp³-hybridized carbons (Fsp3) is 0.353. The number of nitrogens with zero attached hydrogens (tertiary/aromatic N) is 1. The van der Waals surface area contributed by atoms with Crippen molar-refractivity contribution in [3.63, 3.8) is 0 Å². The first-order valence-corrected chi connectivity index (χ1v) is 9.17. The third-order valence-corrected chi connectivity index (χ3v) is 5.64. The summed E-state index contributed by atoms with van der Waals surface area (Å²) in [6, 6.07) is 11.9. The number of carbonyl (C=O) groups is 1. The van der Waals surface area contributed by atoms with Gasteiger partial charge in [0.05, 0.1) is 23.4 Å². The molecule has 1 saturated heterocycles. The van der Waals surface area contributed by atoms with Gasteiger partial charge < -0.3 is 15.0 Å². The van der Waals surface area contributed by atoms with Crippen LogP contribution in [0.4, 0.5) is 0 Å². The molecule has 130 valence electrons. The molecule has 0 aliphatic carbocycles. The molecule has 0 radical (unpaired) electrons. The van der Waals surface area contributed by atoms with Crippen molar-refractivity contribution in [2.24, 2.45) is 0 Å². The number of ether oxygens (including phenoxy) is 1. The molecule has 1 amide bonds. The zero-order valence-electron chi connectivity index (χ0n) is 13.3. The largest absolute Gasteiger partial charge is 0.496 e.